The number of halogens is 1. The van der Waals surface area contributed by atoms with Crippen LogP contribution in [0.4, 0.5) is 0 Å². The highest BCUT2D eigenvalue weighted by atomic mass is 127. The molecule has 0 radical (unpaired) electrons. The summed E-state index contributed by atoms with van der Waals surface area (Å²) in [5.74, 6) is 0. The van der Waals surface area contributed by atoms with Crippen molar-refractivity contribution in [3.63, 3.8) is 0 Å². The molecule has 0 fully saturated rings. The first-order valence-corrected chi connectivity index (χ1v) is 5.05. The lowest BCUT2D eigenvalue weighted by Gasteiger charge is -2.02. The summed E-state index contributed by atoms with van der Waals surface area (Å²) in [6.07, 6.45) is 1.92. The van der Waals surface area contributed by atoms with Gasteiger partial charge >= 0.3 is 0 Å². The molecule has 2 aromatic rings. The summed E-state index contributed by atoms with van der Waals surface area (Å²) in [5.41, 5.74) is 2.34. The Morgan fingerprint density at radius 1 is 1.06 bits per heavy atom. The Labute approximate surface area is 117 Å². The van der Waals surface area contributed by atoms with Crippen LogP contribution in [0.3, 0.4) is 0 Å². The third-order valence-corrected chi connectivity index (χ3v) is 2.44. The van der Waals surface area contributed by atoms with Crippen molar-refractivity contribution < 1.29 is 33.8 Å². The minimum atomic E-state index is 0. The van der Waals surface area contributed by atoms with Crippen LogP contribution in [-0.2, 0) is 7.05 Å². The van der Waals surface area contributed by atoms with Crippen LogP contribution in [-0.4, -0.2) is 10.9 Å². The van der Waals surface area contributed by atoms with E-state index < -0.39 is 0 Å². The Morgan fingerprint density at radius 3 is 2.29 bits per heavy atom. The molecule has 88 valence electrons. The average Bonchev–Trinajstić information content (AvgIpc) is 2.34. The zero-order valence-corrected chi connectivity index (χ0v) is 11.6. The van der Waals surface area contributed by atoms with Crippen LogP contribution >= 0.6 is 0 Å². The van der Waals surface area contributed by atoms with Crippen LogP contribution < -0.4 is 28.5 Å². The highest BCUT2D eigenvalue weighted by Crippen LogP contribution is 2.06. The van der Waals surface area contributed by atoms with E-state index >= 15 is 0 Å². The second kappa shape index (κ2) is 6.34. The van der Waals surface area contributed by atoms with E-state index in [1.165, 1.54) is 0 Å². The molecule has 0 aliphatic rings. The van der Waals surface area contributed by atoms with Crippen LogP contribution in [0.1, 0.15) is 11.3 Å². The molecule has 1 N–H and O–H groups in total. The first kappa shape index (κ1) is 13.6. The zero-order chi connectivity index (χ0) is 11.4. The van der Waals surface area contributed by atoms with Crippen molar-refractivity contribution in [1.82, 2.24) is 0 Å². The smallest absolute Gasteiger partial charge is 0.234 e. The lowest BCUT2D eigenvalue weighted by atomic mass is 10.1. The van der Waals surface area contributed by atoms with E-state index in [1.54, 1.807) is 0 Å². The van der Waals surface area contributed by atoms with Gasteiger partial charge in [0.2, 0.25) is 5.69 Å². The van der Waals surface area contributed by atoms with Gasteiger partial charge < -0.3 is 29.2 Å². The van der Waals surface area contributed by atoms with Crippen molar-refractivity contribution in [1.29, 1.82) is 0 Å². The first-order valence-electron chi connectivity index (χ1n) is 5.05. The number of oxime groups is 1. The van der Waals surface area contributed by atoms with E-state index in [-0.39, 0.29) is 24.0 Å². The molecule has 0 spiro atoms. The summed E-state index contributed by atoms with van der Waals surface area (Å²) < 4.78 is 1.92. The molecular formula is C13H13IN2O. The normalized spacial score (nSPS) is 10.8. The summed E-state index contributed by atoms with van der Waals surface area (Å²) in [5, 5.41) is 12.5. The fourth-order valence-electron chi connectivity index (χ4n) is 1.62. The molecule has 1 heterocycles. The van der Waals surface area contributed by atoms with Crippen molar-refractivity contribution in [3.8, 4) is 0 Å². The van der Waals surface area contributed by atoms with Crippen molar-refractivity contribution in [2.45, 2.75) is 0 Å². The minimum absolute atomic E-state index is 0. The molecule has 1 aromatic heterocycles. The fraction of sp³-hybridized carbons (Fsp3) is 0.0769. The monoisotopic (exact) mass is 340 g/mol. The van der Waals surface area contributed by atoms with Gasteiger partial charge in [-0.1, -0.05) is 35.5 Å². The third-order valence-electron chi connectivity index (χ3n) is 2.44. The van der Waals surface area contributed by atoms with Gasteiger partial charge in [-0.3, -0.25) is 0 Å². The molecule has 0 bridgehead atoms. The maximum Gasteiger partial charge on any atom is 0.234 e. The number of rotatable bonds is 2. The van der Waals surface area contributed by atoms with Gasteiger partial charge in [-0.2, -0.15) is 4.57 Å². The van der Waals surface area contributed by atoms with Gasteiger partial charge in [0.05, 0.1) is 0 Å². The second-order valence-electron chi connectivity index (χ2n) is 3.51. The molecule has 0 saturated heterocycles. The quantitative estimate of drug-likeness (QED) is 0.239. The fourth-order valence-corrected chi connectivity index (χ4v) is 1.62. The zero-order valence-electron chi connectivity index (χ0n) is 9.42. The number of hydrogen-bond donors (Lipinski definition) is 1. The summed E-state index contributed by atoms with van der Waals surface area (Å²) in [6, 6.07) is 15.4. The summed E-state index contributed by atoms with van der Waals surface area (Å²) in [7, 11) is 1.92. The van der Waals surface area contributed by atoms with Crippen LogP contribution in [0.25, 0.3) is 0 Å². The van der Waals surface area contributed by atoms with E-state index in [0.29, 0.717) is 5.71 Å². The van der Waals surface area contributed by atoms with Crippen LogP contribution in [0.15, 0.2) is 59.9 Å². The number of pyridine rings is 1. The Balaban J connectivity index is 0.00000144. The lowest BCUT2D eigenvalue weighted by Crippen LogP contribution is -3.00. The molecule has 0 saturated carbocycles. The number of benzene rings is 1. The highest BCUT2D eigenvalue weighted by molar-refractivity contribution is 6.10. The van der Waals surface area contributed by atoms with E-state index in [2.05, 4.69) is 5.16 Å². The molecule has 4 heteroatoms. The second-order valence-corrected chi connectivity index (χ2v) is 3.51. The van der Waals surface area contributed by atoms with E-state index in [4.69, 9.17) is 5.21 Å². The summed E-state index contributed by atoms with van der Waals surface area (Å²) in [6.45, 7) is 0. The van der Waals surface area contributed by atoms with Crippen molar-refractivity contribution in [2.24, 2.45) is 12.2 Å². The minimum Gasteiger partial charge on any atom is -1.00 e. The van der Waals surface area contributed by atoms with Gasteiger partial charge in [0.25, 0.3) is 0 Å². The maximum absolute atomic E-state index is 9.13. The molecule has 0 amide bonds. The van der Waals surface area contributed by atoms with Crippen molar-refractivity contribution in [2.75, 3.05) is 0 Å². The van der Waals surface area contributed by atoms with E-state index in [0.717, 1.165) is 11.3 Å². The molecule has 1 aromatic carbocycles. The van der Waals surface area contributed by atoms with Gasteiger partial charge in [0.15, 0.2) is 11.9 Å². The Hall–Kier alpha value is -1.43. The standard InChI is InChI=1S/C13H12N2O.HI/c1-15-10-6-5-9-12(15)13(14-16)11-7-3-2-4-8-11;/h2-10H,1H3;1H. The van der Waals surface area contributed by atoms with Crippen molar-refractivity contribution >= 4 is 5.71 Å². The van der Waals surface area contributed by atoms with E-state index in [9.17, 15) is 0 Å². The Bertz CT molecular complexity index is 512. The van der Waals surface area contributed by atoms with E-state index in [1.807, 2.05) is 66.3 Å². The molecule has 0 aliphatic carbocycles. The molecule has 2 rings (SSSR count). The van der Waals surface area contributed by atoms with Crippen LogP contribution in [0.5, 0.6) is 0 Å². The van der Waals surface area contributed by atoms with Gasteiger partial charge in [0, 0.05) is 17.7 Å². The highest BCUT2D eigenvalue weighted by Gasteiger charge is 2.15. The number of aryl methyl sites for hydroxylation is 1. The average molecular weight is 340 g/mol. The molecule has 0 unspecified atom stereocenters. The van der Waals surface area contributed by atoms with Gasteiger partial charge in [0.1, 0.15) is 7.05 Å². The number of aromatic nitrogens is 1. The van der Waals surface area contributed by atoms with Crippen LogP contribution in [0, 0.1) is 0 Å². The molecular weight excluding hydrogens is 327 g/mol. The Kier molecular flexibility index (Phi) is 5.09. The molecule has 0 atom stereocenters. The Morgan fingerprint density at radius 2 is 1.71 bits per heavy atom. The SMILES string of the molecule is C[n+]1ccccc1/C(=N/O)c1ccccc1.[I-]. The molecule has 0 aliphatic heterocycles. The van der Waals surface area contributed by atoms with Crippen LogP contribution in [0.2, 0.25) is 0 Å². The predicted octanol–water partition coefficient (Wildman–Crippen LogP) is -1.26. The lowest BCUT2D eigenvalue weighted by molar-refractivity contribution is -0.672. The maximum atomic E-state index is 9.13. The van der Waals surface area contributed by atoms with Gasteiger partial charge in [-0.25, -0.2) is 0 Å². The largest absolute Gasteiger partial charge is 1.00 e. The first-order chi connectivity index (χ1) is 7.83. The van der Waals surface area contributed by atoms with Gasteiger partial charge in [-0.05, 0) is 6.07 Å². The number of hydrogen-bond acceptors (Lipinski definition) is 2. The predicted molar refractivity (Wildman–Crippen MR) is 61.5 cm³/mol. The molecule has 17 heavy (non-hydrogen) atoms. The summed E-state index contributed by atoms with van der Waals surface area (Å²) in [4.78, 5) is 0. The van der Waals surface area contributed by atoms with Crippen molar-refractivity contribution in [3.05, 3.63) is 66.0 Å². The third kappa shape index (κ3) is 3.03. The number of nitrogens with zero attached hydrogens (tertiary/aromatic N) is 2. The molecule has 3 nitrogen and oxygen atoms in total. The topological polar surface area (TPSA) is 36.5 Å². The van der Waals surface area contributed by atoms with Gasteiger partial charge in [-0.15, -0.1) is 0 Å². The summed E-state index contributed by atoms with van der Waals surface area (Å²) >= 11 is 0.